The summed E-state index contributed by atoms with van der Waals surface area (Å²) in [5, 5.41) is 3.08. The van der Waals surface area contributed by atoms with Gasteiger partial charge >= 0.3 is 5.97 Å². The number of hydrogen-bond donors (Lipinski definition) is 1. The first-order valence-electron chi connectivity index (χ1n) is 8.11. The molecule has 1 N–H and O–H groups in total. The van der Waals surface area contributed by atoms with Gasteiger partial charge in [0.05, 0.1) is 23.3 Å². The van der Waals surface area contributed by atoms with Crippen molar-refractivity contribution in [2.24, 2.45) is 0 Å². The molecule has 1 aromatic heterocycles. The fourth-order valence-electron chi connectivity index (χ4n) is 2.63. The van der Waals surface area contributed by atoms with Gasteiger partial charge in [0.2, 0.25) is 0 Å². The third-order valence-corrected chi connectivity index (χ3v) is 3.95. The Hall–Kier alpha value is -2.74. The van der Waals surface area contributed by atoms with E-state index < -0.39 is 11.9 Å². The third-order valence-electron chi connectivity index (χ3n) is 3.95. The lowest BCUT2D eigenvalue weighted by molar-refractivity contribution is -0.149. The highest BCUT2D eigenvalue weighted by molar-refractivity contribution is 5.81. The zero-order valence-corrected chi connectivity index (χ0v) is 13.6. The number of benzene rings is 1. The summed E-state index contributed by atoms with van der Waals surface area (Å²) in [4.78, 5) is 39.9. The summed E-state index contributed by atoms with van der Waals surface area (Å²) in [6.07, 6.45) is 3.23. The zero-order valence-electron chi connectivity index (χ0n) is 13.6. The third kappa shape index (κ3) is 4.42. The molecule has 2 aromatic rings. The van der Waals surface area contributed by atoms with Gasteiger partial charge in [0.15, 0.2) is 6.61 Å². The summed E-state index contributed by atoms with van der Waals surface area (Å²) in [5.41, 5.74) is 0.232. The molecule has 1 aliphatic rings. The molecule has 0 bridgehead atoms. The molecule has 0 saturated carbocycles. The van der Waals surface area contributed by atoms with Crippen LogP contribution in [0.3, 0.4) is 0 Å². The largest absolute Gasteiger partial charge is 0.454 e. The van der Waals surface area contributed by atoms with Crippen LogP contribution in [0.15, 0.2) is 35.4 Å². The van der Waals surface area contributed by atoms with Gasteiger partial charge in [-0.25, -0.2) is 4.98 Å². The van der Waals surface area contributed by atoms with E-state index in [0.717, 1.165) is 17.4 Å². The van der Waals surface area contributed by atoms with Crippen molar-refractivity contribution in [1.82, 2.24) is 14.9 Å². The lowest BCUT2D eigenvalue weighted by atomic mass is 10.2. The molecule has 3 rings (SSSR count). The Balaban J connectivity index is 1.50. The van der Waals surface area contributed by atoms with Gasteiger partial charge in [0, 0.05) is 13.2 Å². The van der Waals surface area contributed by atoms with Crippen LogP contribution >= 0.6 is 0 Å². The molecule has 1 atom stereocenters. The Morgan fingerprint density at radius 2 is 2.20 bits per heavy atom. The molecule has 8 heteroatoms. The van der Waals surface area contributed by atoms with Crippen LogP contribution in [-0.4, -0.2) is 47.3 Å². The number of ether oxygens (including phenoxy) is 2. The topological polar surface area (TPSA) is 99.5 Å². The van der Waals surface area contributed by atoms with E-state index in [2.05, 4.69) is 10.3 Å². The van der Waals surface area contributed by atoms with E-state index in [1.165, 1.54) is 6.33 Å². The normalized spacial score (nSPS) is 16.7. The van der Waals surface area contributed by atoms with Crippen molar-refractivity contribution in [2.45, 2.75) is 25.5 Å². The van der Waals surface area contributed by atoms with Gasteiger partial charge in [-0.05, 0) is 25.0 Å². The molecule has 1 saturated heterocycles. The second-order valence-corrected chi connectivity index (χ2v) is 5.79. The number of carbonyl (C=O) groups excluding carboxylic acids is 2. The van der Waals surface area contributed by atoms with Crippen molar-refractivity contribution >= 4 is 22.8 Å². The number of aromatic nitrogens is 2. The first-order valence-corrected chi connectivity index (χ1v) is 8.11. The van der Waals surface area contributed by atoms with Crippen molar-refractivity contribution in [2.75, 3.05) is 19.8 Å². The van der Waals surface area contributed by atoms with Gasteiger partial charge in [-0.1, -0.05) is 12.1 Å². The smallest absolute Gasteiger partial charge is 0.326 e. The van der Waals surface area contributed by atoms with Gasteiger partial charge in [-0.2, -0.15) is 0 Å². The number of nitrogens with zero attached hydrogens (tertiary/aromatic N) is 2. The molecule has 1 amide bonds. The van der Waals surface area contributed by atoms with Crippen LogP contribution in [0.4, 0.5) is 0 Å². The maximum absolute atomic E-state index is 12.3. The SMILES string of the molecule is O=C(COC(=O)Cn1cnc2ccccc2c1=O)NC[C@@H]1CCCO1. The minimum atomic E-state index is -0.675. The monoisotopic (exact) mass is 345 g/mol. The van der Waals surface area contributed by atoms with Gasteiger partial charge < -0.3 is 14.8 Å². The Bertz CT molecular complexity index is 826. The first-order chi connectivity index (χ1) is 12.1. The van der Waals surface area contributed by atoms with E-state index in [0.29, 0.717) is 24.1 Å². The van der Waals surface area contributed by atoms with E-state index in [1.54, 1.807) is 24.3 Å². The standard InChI is InChI=1S/C17H19N3O5/c21-15(18-8-12-4-3-7-24-12)10-25-16(22)9-20-11-19-14-6-2-1-5-13(14)17(20)23/h1-2,5-6,11-12H,3-4,7-10H2,(H,18,21)/t12-/m0/s1. The molecule has 0 radical (unpaired) electrons. The van der Waals surface area contributed by atoms with Gasteiger partial charge in [-0.3, -0.25) is 19.0 Å². The number of fused-ring (bicyclic) bond motifs is 1. The molecule has 132 valence electrons. The van der Waals surface area contributed by atoms with E-state index in [4.69, 9.17) is 9.47 Å². The molecular weight excluding hydrogens is 326 g/mol. The van der Waals surface area contributed by atoms with Crippen LogP contribution in [0.5, 0.6) is 0 Å². The van der Waals surface area contributed by atoms with Crippen molar-refractivity contribution < 1.29 is 19.1 Å². The molecule has 2 heterocycles. The lowest BCUT2D eigenvalue weighted by Gasteiger charge is -2.11. The lowest BCUT2D eigenvalue weighted by Crippen LogP contribution is -2.35. The number of nitrogens with one attached hydrogen (secondary N) is 1. The summed E-state index contributed by atoms with van der Waals surface area (Å²) in [5.74, 6) is -1.07. The van der Waals surface area contributed by atoms with Crippen LogP contribution in [0.1, 0.15) is 12.8 Å². The van der Waals surface area contributed by atoms with Gasteiger partial charge in [0.1, 0.15) is 6.54 Å². The highest BCUT2D eigenvalue weighted by Gasteiger charge is 2.17. The molecule has 0 aliphatic carbocycles. The molecule has 25 heavy (non-hydrogen) atoms. The molecule has 0 unspecified atom stereocenters. The fraction of sp³-hybridized carbons (Fsp3) is 0.412. The van der Waals surface area contributed by atoms with Gasteiger partial charge in [0.25, 0.3) is 11.5 Å². The second kappa shape index (κ2) is 7.89. The fourth-order valence-corrected chi connectivity index (χ4v) is 2.63. The quantitative estimate of drug-likeness (QED) is 0.753. The summed E-state index contributed by atoms with van der Waals surface area (Å²) in [7, 11) is 0. The summed E-state index contributed by atoms with van der Waals surface area (Å²) >= 11 is 0. The highest BCUT2D eigenvalue weighted by atomic mass is 16.5. The minimum absolute atomic E-state index is 0.0295. The molecule has 1 aliphatic heterocycles. The second-order valence-electron chi connectivity index (χ2n) is 5.79. The Morgan fingerprint density at radius 3 is 3.00 bits per heavy atom. The Labute approximate surface area is 143 Å². The first kappa shape index (κ1) is 17.1. The molecule has 1 fully saturated rings. The molecule has 8 nitrogen and oxygen atoms in total. The Morgan fingerprint density at radius 1 is 1.36 bits per heavy atom. The predicted molar refractivity (Wildman–Crippen MR) is 88.9 cm³/mol. The summed E-state index contributed by atoms with van der Waals surface area (Å²) in [6.45, 7) is 0.436. The summed E-state index contributed by atoms with van der Waals surface area (Å²) < 4.78 is 11.5. The predicted octanol–water partition coefficient (Wildman–Crippen LogP) is 0.235. The number of carbonyl (C=O) groups is 2. The average Bonchev–Trinajstić information content (AvgIpc) is 3.14. The van der Waals surface area contributed by atoms with Crippen LogP contribution in [-0.2, 0) is 25.6 Å². The van der Waals surface area contributed by atoms with E-state index in [1.807, 2.05) is 0 Å². The highest BCUT2D eigenvalue weighted by Crippen LogP contribution is 2.10. The number of esters is 1. The number of rotatable bonds is 6. The van der Waals surface area contributed by atoms with E-state index in [-0.39, 0.29) is 24.8 Å². The van der Waals surface area contributed by atoms with Crippen LogP contribution in [0.2, 0.25) is 0 Å². The van der Waals surface area contributed by atoms with Crippen LogP contribution < -0.4 is 10.9 Å². The number of hydrogen-bond acceptors (Lipinski definition) is 6. The van der Waals surface area contributed by atoms with Gasteiger partial charge in [-0.15, -0.1) is 0 Å². The van der Waals surface area contributed by atoms with Crippen molar-refractivity contribution in [3.8, 4) is 0 Å². The molecular formula is C17H19N3O5. The van der Waals surface area contributed by atoms with Crippen LogP contribution in [0, 0.1) is 0 Å². The molecule has 1 aromatic carbocycles. The van der Waals surface area contributed by atoms with E-state index in [9.17, 15) is 14.4 Å². The van der Waals surface area contributed by atoms with E-state index >= 15 is 0 Å². The van der Waals surface area contributed by atoms with Crippen molar-refractivity contribution in [3.63, 3.8) is 0 Å². The zero-order chi connectivity index (χ0) is 17.6. The maximum atomic E-state index is 12.3. The summed E-state index contributed by atoms with van der Waals surface area (Å²) in [6, 6.07) is 6.87. The average molecular weight is 345 g/mol. The number of amides is 1. The van der Waals surface area contributed by atoms with Crippen molar-refractivity contribution in [1.29, 1.82) is 0 Å². The van der Waals surface area contributed by atoms with Crippen molar-refractivity contribution in [3.05, 3.63) is 40.9 Å². The van der Waals surface area contributed by atoms with Crippen LogP contribution in [0.25, 0.3) is 10.9 Å². The Kier molecular flexibility index (Phi) is 5.39. The number of para-hydroxylation sites is 1. The minimum Gasteiger partial charge on any atom is -0.454 e. The maximum Gasteiger partial charge on any atom is 0.326 e. The molecule has 0 spiro atoms.